The maximum absolute atomic E-state index is 13.2. The van der Waals surface area contributed by atoms with Crippen molar-refractivity contribution in [1.82, 2.24) is 10.3 Å². The Hall–Kier alpha value is -1.46. The Morgan fingerprint density at radius 1 is 1.33 bits per heavy atom. The monoisotopic (exact) mass is 292 g/mol. The summed E-state index contributed by atoms with van der Waals surface area (Å²) in [4.78, 5) is 4.31. The molecule has 0 amide bonds. The Labute approximate surface area is 123 Å². The molecule has 3 rings (SSSR count). The third-order valence-electron chi connectivity index (χ3n) is 3.97. The molecule has 0 radical (unpaired) electrons. The number of nitrogens with one attached hydrogen (secondary N) is 1. The molecule has 1 unspecified atom stereocenters. The van der Waals surface area contributed by atoms with Crippen molar-refractivity contribution < 1.29 is 13.5 Å². The van der Waals surface area contributed by atoms with Crippen LogP contribution < -0.4 is 5.32 Å². The molecule has 1 aromatic heterocycles. The molecule has 1 saturated heterocycles. The van der Waals surface area contributed by atoms with Gasteiger partial charge in [-0.25, -0.2) is 9.37 Å². The van der Waals surface area contributed by atoms with Gasteiger partial charge in [-0.1, -0.05) is 0 Å². The number of hydrogen-bond donors (Lipinski definition) is 1. The lowest BCUT2D eigenvalue weighted by molar-refractivity contribution is -0.0699. The molecule has 5 heteroatoms. The Kier molecular flexibility index (Phi) is 3.30. The summed E-state index contributed by atoms with van der Waals surface area (Å²) in [6.45, 7) is 8.86. The largest absolute Gasteiger partial charge is 0.439 e. The van der Waals surface area contributed by atoms with Crippen LogP contribution in [-0.4, -0.2) is 22.2 Å². The van der Waals surface area contributed by atoms with Gasteiger partial charge in [0.25, 0.3) is 0 Å². The summed E-state index contributed by atoms with van der Waals surface area (Å²) in [5, 5.41) is 3.44. The zero-order chi connectivity index (χ0) is 15.3. The lowest BCUT2D eigenvalue weighted by Gasteiger charge is -2.27. The molecule has 4 nitrogen and oxygen atoms in total. The molecule has 2 aromatic rings. The number of aromatic nitrogens is 1. The first kappa shape index (κ1) is 14.5. The van der Waals surface area contributed by atoms with Gasteiger partial charge in [0, 0.05) is 12.1 Å². The van der Waals surface area contributed by atoms with Crippen LogP contribution >= 0.6 is 0 Å². The smallest absolute Gasteiger partial charge is 0.209 e. The number of fused-ring (bicyclic) bond motifs is 1. The molecule has 0 spiro atoms. The second-order valence-electron chi connectivity index (χ2n) is 6.82. The number of ether oxygens (including phenoxy) is 1. The van der Waals surface area contributed by atoms with Gasteiger partial charge in [-0.2, -0.15) is 0 Å². The van der Waals surface area contributed by atoms with Crippen LogP contribution in [0.4, 0.5) is 4.39 Å². The standard InChI is InChI=1S/C16H21FN2O2/c1-15(2)8-13(16(3,4)21-15)18-9-14-19-11-7-10(17)5-6-12(11)20-14/h5-7,13,18H,8-9H2,1-4H3. The lowest BCUT2D eigenvalue weighted by Crippen LogP contribution is -2.42. The fraction of sp³-hybridized carbons (Fsp3) is 0.562. The molecule has 0 aliphatic carbocycles. The first-order valence-corrected chi connectivity index (χ1v) is 7.24. The van der Waals surface area contributed by atoms with E-state index in [1.807, 2.05) is 0 Å². The normalized spacial score (nSPS) is 23.8. The van der Waals surface area contributed by atoms with Crippen molar-refractivity contribution in [2.24, 2.45) is 0 Å². The second kappa shape index (κ2) is 4.78. The fourth-order valence-electron chi connectivity index (χ4n) is 3.11. The minimum absolute atomic E-state index is 0.133. The summed E-state index contributed by atoms with van der Waals surface area (Å²) in [6.07, 6.45) is 0.925. The third-order valence-corrected chi connectivity index (χ3v) is 3.97. The molecule has 1 aromatic carbocycles. The number of halogens is 1. The average Bonchev–Trinajstić information content (AvgIpc) is 2.83. The number of hydrogen-bond acceptors (Lipinski definition) is 4. The highest BCUT2D eigenvalue weighted by Crippen LogP contribution is 2.37. The van der Waals surface area contributed by atoms with E-state index in [0.29, 0.717) is 23.5 Å². The minimum Gasteiger partial charge on any atom is -0.439 e. The third kappa shape index (κ3) is 2.94. The predicted molar refractivity (Wildman–Crippen MR) is 78.5 cm³/mol. The van der Waals surface area contributed by atoms with Crippen LogP contribution in [0.1, 0.15) is 40.0 Å². The minimum atomic E-state index is -0.303. The summed E-state index contributed by atoms with van der Waals surface area (Å²) >= 11 is 0. The van der Waals surface area contributed by atoms with Gasteiger partial charge >= 0.3 is 0 Å². The van der Waals surface area contributed by atoms with Crippen molar-refractivity contribution in [2.45, 2.75) is 57.9 Å². The van der Waals surface area contributed by atoms with Gasteiger partial charge in [0.2, 0.25) is 5.89 Å². The van der Waals surface area contributed by atoms with Gasteiger partial charge in [0.05, 0.1) is 17.7 Å². The SMILES string of the molecule is CC1(C)CC(NCc2nc3cc(F)ccc3o2)C(C)(C)O1. The molecule has 0 saturated carbocycles. The first-order chi connectivity index (χ1) is 9.75. The molecule has 114 valence electrons. The zero-order valence-electron chi connectivity index (χ0n) is 12.9. The van der Waals surface area contributed by atoms with Crippen LogP contribution in [-0.2, 0) is 11.3 Å². The summed E-state index contributed by atoms with van der Waals surface area (Å²) in [5.74, 6) is 0.262. The maximum atomic E-state index is 13.2. The van der Waals surface area contributed by atoms with Gasteiger partial charge in [-0.3, -0.25) is 0 Å². The summed E-state index contributed by atoms with van der Waals surface area (Å²) < 4.78 is 24.8. The van der Waals surface area contributed by atoms with E-state index in [2.05, 4.69) is 38.0 Å². The van der Waals surface area contributed by atoms with E-state index in [1.54, 1.807) is 6.07 Å². The van der Waals surface area contributed by atoms with Crippen LogP contribution in [0.25, 0.3) is 11.1 Å². The molecule has 1 aliphatic heterocycles. The number of rotatable bonds is 3. The van der Waals surface area contributed by atoms with E-state index in [4.69, 9.17) is 9.15 Å². The average molecular weight is 292 g/mol. The van der Waals surface area contributed by atoms with Gasteiger partial charge < -0.3 is 14.5 Å². The Morgan fingerprint density at radius 2 is 2.10 bits per heavy atom. The molecular weight excluding hydrogens is 271 g/mol. The molecule has 21 heavy (non-hydrogen) atoms. The second-order valence-corrected chi connectivity index (χ2v) is 6.82. The molecule has 1 atom stereocenters. The highest BCUT2D eigenvalue weighted by molar-refractivity contribution is 5.72. The highest BCUT2D eigenvalue weighted by Gasteiger charge is 2.45. The Bertz CT molecular complexity index is 663. The van der Waals surface area contributed by atoms with Gasteiger partial charge in [-0.15, -0.1) is 0 Å². The zero-order valence-corrected chi connectivity index (χ0v) is 12.9. The summed E-state index contributed by atoms with van der Waals surface area (Å²) in [5.41, 5.74) is 0.789. The van der Waals surface area contributed by atoms with E-state index < -0.39 is 0 Å². The van der Waals surface area contributed by atoms with Crippen molar-refractivity contribution in [1.29, 1.82) is 0 Å². The van der Waals surface area contributed by atoms with E-state index in [-0.39, 0.29) is 23.1 Å². The fourth-order valence-corrected chi connectivity index (χ4v) is 3.11. The van der Waals surface area contributed by atoms with Crippen molar-refractivity contribution in [3.05, 3.63) is 29.9 Å². The van der Waals surface area contributed by atoms with E-state index in [9.17, 15) is 4.39 Å². The van der Waals surface area contributed by atoms with Crippen LogP contribution in [0.3, 0.4) is 0 Å². The molecule has 2 heterocycles. The van der Waals surface area contributed by atoms with Gasteiger partial charge in [0.1, 0.15) is 11.3 Å². The molecule has 0 bridgehead atoms. The van der Waals surface area contributed by atoms with Crippen molar-refractivity contribution in [2.75, 3.05) is 0 Å². The van der Waals surface area contributed by atoms with E-state index in [0.717, 1.165) is 6.42 Å². The molecule has 1 N–H and O–H groups in total. The van der Waals surface area contributed by atoms with Crippen LogP contribution in [0.2, 0.25) is 0 Å². The van der Waals surface area contributed by atoms with Crippen molar-refractivity contribution in [3.63, 3.8) is 0 Å². The van der Waals surface area contributed by atoms with E-state index in [1.165, 1.54) is 12.1 Å². The Morgan fingerprint density at radius 3 is 2.76 bits per heavy atom. The Balaban J connectivity index is 1.72. The number of nitrogens with zero attached hydrogens (tertiary/aromatic N) is 1. The molecular formula is C16H21FN2O2. The van der Waals surface area contributed by atoms with Crippen molar-refractivity contribution >= 4 is 11.1 Å². The number of oxazole rings is 1. The van der Waals surface area contributed by atoms with E-state index >= 15 is 0 Å². The van der Waals surface area contributed by atoms with Crippen LogP contribution in [0.15, 0.2) is 22.6 Å². The quantitative estimate of drug-likeness (QED) is 0.942. The summed E-state index contributed by atoms with van der Waals surface area (Å²) in [7, 11) is 0. The van der Waals surface area contributed by atoms with Gasteiger partial charge in [0.15, 0.2) is 5.58 Å². The van der Waals surface area contributed by atoms with Crippen LogP contribution in [0.5, 0.6) is 0 Å². The first-order valence-electron chi connectivity index (χ1n) is 7.24. The maximum Gasteiger partial charge on any atom is 0.209 e. The predicted octanol–water partition coefficient (Wildman–Crippen LogP) is 3.40. The topological polar surface area (TPSA) is 47.3 Å². The molecule has 1 fully saturated rings. The number of benzene rings is 1. The van der Waals surface area contributed by atoms with Crippen molar-refractivity contribution in [3.8, 4) is 0 Å². The van der Waals surface area contributed by atoms with Gasteiger partial charge in [-0.05, 0) is 46.2 Å². The van der Waals surface area contributed by atoms with Crippen LogP contribution in [0, 0.1) is 5.82 Å². The molecule has 1 aliphatic rings. The highest BCUT2D eigenvalue weighted by atomic mass is 19.1. The lowest BCUT2D eigenvalue weighted by atomic mass is 9.94. The summed E-state index contributed by atoms with van der Waals surface area (Å²) in [6, 6.07) is 4.58.